The Balaban J connectivity index is 0.00000176. The van der Waals surface area contributed by atoms with Crippen molar-refractivity contribution in [3.05, 3.63) is 30.3 Å². The maximum absolute atomic E-state index is 6.08. The average Bonchev–Trinajstić information content (AvgIpc) is 3.00. The van der Waals surface area contributed by atoms with Gasteiger partial charge in [-0.15, -0.1) is 24.0 Å². The van der Waals surface area contributed by atoms with E-state index in [0.29, 0.717) is 18.1 Å². The van der Waals surface area contributed by atoms with Gasteiger partial charge in [0, 0.05) is 17.7 Å². The van der Waals surface area contributed by atoms with Crippen LogP contribution in [0, 0.1) is 5.41 Å². The molecule has 122 valence electrons. The van der Waals surface area contributed by atoms with Gasteiger partial charge in [-0.25, -0.2) is 4.99 Å². The fourth-order valence-electron chi connectivity index (χ4n) is 3.90. The van der Waals surface area contributed by atoms with Gasteiger partial charge in [-0.2, -0.15) is 0 Å². The van der Waals surface area contributed by atoms with Crippen LogP contribution in [0.1, 0.15) is 39.0 Å². The summed E-state index contributed by atoms with van der Waals surface area (Å²) in [7, 11) is 0. The Kier molecular flexibility index (Phi) is 6.09. The van der Waals surface area contributed by atoms with Crippen LogP contribution < -0.4 is 11.1 Å². The van der Waals surface area contributed by atoms with Crippen molar-refractivity contribution in [3.8, 4) is 0 Å². The number of nitrogens with two attached hydrogens (primary N) is 1. The Labute approximate surface area is 149 Å². The molecule has 0 saturated heterocycles. The summed E-state index contributed by atoms with van der Waals surface area (Å²) in [5, 5.41) is 3.18. The number of hydrogen-bond acceptors (Lipinski definition) is 2. The van der Waals surface area contributed by atoms with Crippen LogP contribution in [0.15, 0.2) is 35.3 Å². The normalized spacial score (nSPS) is 26.3. The molecule has 2 atom stereocenters. The number of rotatable bonds is 4. The fraction of sp³-hybridized carbons (Fsp3) is 0.588. The summed E-state index contributed by atoms with van der Waals surface area (Å²) in [6, 6.07) is 10.3. The predicted molar refractivity (Wildman–Crippen MR) is 102 cm³/mol. The molecule has 0 aliphatic heterocycles. The summed E-state index contributed by atoms with van der Waals surface area (Å²) in [6.07, 6.45) is 6.42. The third-order valence-corrected chi connectivity index (χ3v) is 4.99. The van der Waals surface area contributed by atoms with E-state index in [-0.39, 0.29) is 29.4 Å². The maximum atomic E-state index is 6.08. The summed E-state index contributed by atoms with van der Waals surface area (Å²) >= 11 is 0. The molecule has 1 aromatic carbocycles. The van der Waals surface area contributed by atoms with Crippen LogP contribution in [0.25, 0.3) is 0 Å². The highest BCUT2D eigenvalue weighted by molar-refractivity contribution is 14.0. The minimum absolute atomic E-state index is 0. The third kappa shape index (κ3) is 3.40. The van der Waals surface area contributed by atoms with Crippen LogP contribution in [0.3, 0.4) is 0 Å². The summed E-state index contributed by atoms with van der Waals surface area (Å²) in [5.74, 6) is 0.521. The van der Waals surface area contributed by atoms with Crippen molar-refractivity contribution in [1.29, 1.82) is 0 Å². The van der Waals surface area contributed by atoms with E-state index < -0.39 is 0 Å². The molecule has 1 aromatic rings. The fourth-order valence-corrected chi connectivity index (χ4v) is 3.90. The number of hydrogen-bond donors (Lipinski definition) is 2. The number of benzene rings is 1. The third-order valence-electron chi connectivity index (χ3n) is 4.99. The van der Waals surface area contributed by atoms with Crippen molar-refractivity contribution >= 4 is 35.6 Å². The summed E-state index contributed by atoms with van der Waals surface area (Å²) < 4.78 is 5.92. The minimum Gasteiger partial charge on any atom is -0.378 e. The van der Waals surface area contributed by atoms with Gasteiger partial charge in [-0.3, -0.25) is 0 Å². The minimum atomic E-state index is 0. The zero-order chi connectivity index (χ0) is 14.7. The molecule has 0 heterocycles. The Bertz CT molecular complexity index is 500. The second-order valence-corrected chi connectivity index (χ2v) is 6.14. The molecular formula is C17H26IN3O. The van der Waals surface area contributed by atoms with Crippen molar-refractivity contribution in [2.24, 2.45) is 16.1 Å². The standard InChI is InChI=1S/C17H25N3O.HI/c1-2-21-15-12-14(17(15)10-6-7-11-17)20-16(18)19-13-8-4-3-5-9-13;/h3-5,8-9,14-15H,2,6-7,10-12H2,1H3,(H3,18,19,20);1H. The largest absolute Gasteiger partial charge is 0.378 e. The van der Waals surface area contributed by atoms with Gasteiger partial charge in [-0.05, 0) is 38.3 Å². The Hall–Kier alpha value is -0.820. The lowest BCUT2D eigenvalue weighted by molar-refractivity contribution is -0.119. The van der Waals surface area contributed by atoms with Crippen LogP contribution in [0.2, 0.25) is 0 Å². The zero-order valence-corrected chi connectivity index (χ0v) is 15.5. The monoisotopic (exact) mass is 415 g/mol. The van der Waals surface area contributed by atoms with Gasteiger partial charge < -0.3 is 15.8 Å². The molecule has 2 saturated carbocycles. The molecular weight excluding hydrogens is 389 g/mol. The molecule has 22 heavy (non-hydrogen) atoms. The van der Waals surface area contributed by atoms with E-state index in [1.54, 1.807) is 0 Å². The molecule has 4 nitrogen and oxygen atoms in total. The van der Waals surface area contributed by atoms with E-state index in [1.165, 1.54) is 25.7 Å². The number of aliphatic imine (C=N–C) groups is 1. The average molecular weight is 415 g/mol. The van der Waals surface area contributed by atoms with E-state index in [0.717, 1.165) is 18.7 Å². The van der Waals surface area contributed by atoms with Gasteiger partial charge in [-0.1, -0.05) is 31.0 Å². The molecule has 3 N–H and O–H groups in total. The first-order chi connectivity index (χ1) is 10.2. The molecule has 2 fully saturated rings. The lowest BCUT2D eigenvalue weighted by Crippen LogP contribution is -2.56. The Morgan fingerprint density at radius 1 is 1.32 bits per heavy atom. The van der Waals surface area contributed by atoms with Gasteiger partial charge in [0.2, 0.25) is 0 Å². The zero-order valence-electron chi connectivity index (χ0n) is 13.1. The molecule has 2 aliphatic rings. The maximum Gasteiger partial charge on any atom is 0.193 e. The molecule has 0 aromatic heterocycles. The molecule has 1 spiro atoms. The predicted octanol–water partition coefficient (Wildman–Crippen LogP) is 3.77. The van der Waals surface area contributed by atoms with Gasteiger partial charge in [0.1, 0.15) is 0 Å². The number of anilines is 1. The van der Waals surface area contributed by atoms with Crippen molar-refractivity contribution < 1.29 is 4.74 Å². The lowest BCUT2D eigenvalue weighted by Gasteiger charge is -2.52. The number of nitrogens with zero attached hydrogens (tertiary/aromatic N) is 1. The van der Waals surface area contributed by atoms with Crippen molar-refractivity contribution in [3.63, 3.8) is 0 Å². The lowest BCUT2D eigenvalue weighted by atomic mass is 9.61. The number of nitrogens with one attached hydrogen (secondary N) is 1. The van der Waals surface area contributed by atoms with Crippen LogP contribution in [0.4, 0.5) is 5.69 Å². The van der Waals surface area contributed by atoms with Crippen molar-refractivity contribution in [2.75, 3.05) is 11.9 Å². The summed E-state index contributed by atoms with van der Waals surface area (Å²) in [5.41, 5.74) is 7.32. The molecule has 0 radical (unpaired) electrons. The van der Waals surface area contributed by atoms with Gasteiger partial charge >= 0.3 is 0 Å². The van der Waals surface area contributed by atoms with E-state index in [4.69, 9.17) is 15.5 Å². The second kappa shape index (κ2) is 7.64. The number of halogens is 1. The van der Waals surface area contributed by atoms with Gasteiger partial charge in [0.25, 0.3) is 0 Å². The molecule has 2 unspecified atom stereocenters. The Morgan fingerprint density at radius 3 is 2.64 bits per heavy atom. The second-order valence-electron chi connectivity index (χ2n) is 6.14. The van der Waals surface area contributed by atoms with Crippen LogP contribution in [-0.2, 0) is 4.74 Å². The molecule has 2 aliphatic carbocycles. The Morgan fingerprint density at radius 2 is 2.00 bits per heavy atom. The van der Waals surface area contributed by atoms with E-state index in [2.05, 4.69) is 12.2 Å². The molecule has 5 heteroatoms. The molecule has 0 bridgehead atoms. The quantitative estimate of drug-likeness (QED) is 0.447. The van der Waals surface area contributed by atoms with Crippen molar-refractivity contribution in [2.45, 2.75) is 51.2 Å². The van der Waals surface area contributed by atoms with Crippen LogP contribution in [-0.4, -0.2) is 24.7 Å². The number of ether oxygens (including phenoxy) is 1. The number of para-hydroxylation sites is 1. The first-order valence-corrected chi connectivity index (χ1v) is 8.01. The smallest absolute Gasteiger partial charge is 0.193 e. The highest BCUT2D eigenvalue weighted by Gasteiger charge is 2.56. The van der Waals surface area contributed by atoms with E-state index in [1.807, 2.05) is 30.3 Å². The summed E-state index contributed by atoms with van der Waals surface area (Å²) in [4.78, 5) is 4.75. The highest BCUT2D eigenvalue weighted by atomic mass is 127. The summed E-state index contributed by atoms with van der Waals surface area (Å²) in [6.45, 7) is 2.87. The first-order valence-electron chi connectivity index (χ1n) is 8.01. The molecule has 0 amide bonds. The molecule has 3 rings (SSSR count). The van der Waals surface area contributed by atoms with E-state index in [9.17, 15) is 0 Å². The van der Waals surface area contributed by atoms with Gasteiger partial charge in [0.05, 0.1) is 12.1 Å². The number of guanidine groups is 1. The SMILES string of the molecule is CCOC1CC(N=C(N)Nc2ccccc2)C12CCCC2.I. The highest BCUT2D eigenvalue weighted by Crippen LogP contribution is 2.56. The van der Waals surface area contributed by atoms with Crippen molar-refractivity contribution in [1.82, 2.24) is 0 Å². The first kappa shape index (κ1) is 17.5. The topological polar surface area (TPSA) is 59.6 Å². The van der Waals surface area contributed by atoms with Crippen LogP contribution >= 0.6 is 24.0 Å². The van der Waals surface area contributed by atoms with Crippen LogP contribution in [0.5, 0.6) is 0 Å². The van der Waals surface area contributed by atoms with Gasteiger partial charge in [0.15, 0.2) is 5.96 Å². The van der Waals surface area contributed by atoms with E-state index >= 15 is 0 Å².